The van der Waals surface area contributed by atoms with Gasteiger partial charge in [-0.25, -0.2) is 14.0 Å². The number of tetrazole rings is 4. The van der Waals surface area contributed by atoms with Gasteiger partial charge in [0.2, 0.25) is 16.5 Å². The van der Waals surface area contributed by atoms with Crippen molar-refractivity contribution in [3.63, 3.8) is 0 Å². The van der Waals surface area contributed by atoms with Gasteiger partial charge < -0.3 is 5.73 Å². The predicted octanol–water partition coefficient (Wildman–Crippen LogP) is -2.41. The second-order valence-electron chi connectivity index (χ2n) is 4.94. The number of aromatic amines is 2. The molecule has 0 saturated heterocycles. The number of carbonyl (C=O) groups is 1. The number of rotatable bonds is 1. The van der Waals surface area contributed by atoms with Gasteiger partial charge in [-0.05, 0) is 40.0 Å². The standard InChI is InChI=1S/C4H6N4O.C2H5N5.C2H4N4S.C2H4N4/c1-3(9)4-5-6-7-8(4)2;1-7-2(3)4-5-6-7;1-6-2(7)3-4-5-6;1-2-3-5-6-4-2/h1-2H3;1H3,(H2,3,4,6);1H3,(H,3,5,7);1H3,(H,3,4,5,6). The highest BCUT2D eigenvalue weighted by Gasteiger charge is 2.05. The number of nitrogens with two attached hydrogens (primary N) is 1. The van der Waals surface area contributed by atoms with Gasteiger partial charge in [0, 0.05) is 28.1 Å². The Balaban J connectivity index is 0.000000195. The number of anilines is 1. The molecular weight excluding hydrogens is 406 g/mol. The first-order chi connectivity index (χ1) is 13.7. The molecule has 4 aromatic heterocycles. The zero-order chi connectivity index (χ0) is 21.8. The number of hydrogen-bond acceptors (Lipinski definition) is 14. The summed E-state index contributed by atoms with van der Waals surface area (Å²) in [7, 11) is 5.05. The number of nitrogen functional groups attached to an aromatic ring is 1. The third-order valence-electron chi connectivity index (χ3n) is 2.66. The summed E-state index contributed by atoms with van der Waals surface area (Å²) in [6.07, 6.45) is 0. The van der Waals surface area contributed by atoms with Crippen molar-refractivity contribution in [2.45, 2.75) is 13.8 Å². The van der Waals surface area contributed by atoms with Crippen LogP contribution in [0.1, 0.15) is 23.4 Å². The average molecular weight is 425 g/mol. The highest BCUT2D eigenvalue weighted by Crippen LogP contribution is 1.87. The molecular formula is C10H19N17OS. The van der Waals surface area contributed by atoms with Crippen LogP contribution in [0.25, 0.3) is 0 Å². The fourth-order valence-electron chi connectivity index (χ4n) is 1.22. The van der Waals surface area contributed by atoms with E-state index in [1.165, 1.54) is 16.3 Å². The molecule has 0 amide bonds. The van der Waals surface area contributed by atoms with E-state index in [1.807, 2.05) is 0 Å². The Morgan fingerprint density at radius 3 is 1.83 bits per heavy atom. The first-order valence-corrected chi connectivity index (χ1v) is 7.98. The van der Waals surface area contributed by atoms with Gasteiger partial charge in [-0.15, -0.1) is 15.3 Å². The van der Waals surface area contributed by atoms with E-state index < -0.39 is 0 Å². The van der Waals surface area contributed by atoms with Gasteiger partial charge in [0.25, 0.3) is 0 Å². The van der Waals surface area contributed by atoms with Crippen LogP contribution in [0.2, 0.25) is 0 Å². The molecule has 19 heteroatoms. The van der Waals surface area contributed by atoms with Gasteiger partial charge in [-0.3, -0.25) is 4.79 Å². The molecule has 4 aromatic rings. The smallest absolute Gasteiger partial charge is 0.240 e. The molecule has 0 bridgehead atoms. The van der Waals surface area contributed by atoms with E-state index in [0.717, 1.165) is 0 Å². The van der Waals surface area contributed by atoms with Crippen LogP contribution in [0.5, 0.6) is 0 Å². The van der Waals surface area contributed by atoms with Crippen LogP contribution in [0.3, 0.4) is 0 Å². The SMILES string of the molecule is CC(=O)c1nnnn1C.Cc1nn[nH]n1.Cn1[nH]nnc1=S.Cn1nnnc1N. The van der Waals surface area contributed by atoms with Crippen molar-refractivity contribution in [1.29, 1.82) is 0 Å². The Bertz CT molecular complexity index is 1010. The van der Waals surface area contributed by atoms with E-state index in [4.69, 9.17) is 5.73 Å². The third kappa shape index (κ3) is 8.47. The van der Waals surface area contributed by atoms with Crippen molar-refractivity contribution in [3.05, 3.63) is 16.4 Å². The number of aromatic nitrogens is 16. The molecule has 0 spiro atoms. The van der Waals surface area contributed by atoms with E-state index in [9.17, 15) is 4.79 Å². The number of nitrogens with one attached hydrogen (secondary N) is 2. The number of Topliss-reactive ketones (excluding diaryl/α,β-unsaturated/α-hetero) is 1. The molecule has 4 N–H and O–H groups in total. The van der Waals surface area contributed by atoms with Crippen molar-refractivity contribution in [1.82, 2.24) is 81.2 Å². The maximum absolute atomic E-state index is 10.6. The second kappa shape index (κ2) is 11.6. The van der Waals surface area contributed by atoms with Gasteiger partial charge >= 0.3 is 0 Å². The molecule has 0 fully saturated rings. The Morgan fingerprint density at radius 2 is 1.66 bits per heavy atom. The molecule has 0 atom stereocenters. The Kier molecular flexibility index (Phi) is 9.23. The van der Waals surface area contributed by atoms with Gasteiger partial charge in [-0.2, -0.15) is 10.4 Å². The lowest BCUT2D eigenvalue weighted by Crippen LogP contribution is -2.03. The maximum Gasteiger partial charge on any atom is 0.240 e. The fraction of sp³-hybridized carbons (Fsp3) is 0.500. The molecule has 0 radical (unpaired) electrons. The molecule has 0 aliphatic carbocycles. The molecule has 29 heavy (non-hydrogen) atoms. The first-order valence-electron chi connectivity index (χ1n) is 7.57. The molecule has 0 aliphatic heterocycles. The quantitative estimate of drug-likeness (QED) is 0.213. The molecule has 18 nitrogen and oxygen atoms in total. The zero-order valence-corrected chi connectivity index (χ0v) is 17.0. The topological polar surface area (TPSA) is 231 Å². The third-order valence-corrected chi connectivity index (χ3v) is 3.01. The lowest BCUT2D eigenvalue weighted by molar-refractivity contribution is 0.0999. The molecule has 0 aromatic carbocycles. The van der Waals surface area contributed by atoms with Gasteiger partial charge in [0.1, 0.15) is 0 Å². The van der Waals surface area contributed by atoms with Gasteiger partial charge in [-0.1, -0.05) is 20.6 Å². The lowest BCUT2D eigenvalue weighted by atomic mass is 10.4. The summed E-state index contributed by atoms with van der Waals surface area (Å²) in [6, 6.07) is 0. The maximum atomic E-state index is 10.6. The summed E-state index contributed by atoms with van der Waals surface area (Å²) in [5.41, 5.74) is 5.17. The Hall–Kier alpha value is -4.03. The number of carbonyl (C=O) groups excluding carboxylic acids is 1. The summed E-state index contributed by atoms with van der Waals surface area (Å²) in [6.45, 7) is 3.19. The van der Waals surface area contributed by atoms with Crippen LogP contribution in [-0.2, 0) is 21.1 Å². The first kappa shape index (κ1) is 23.0. The summed E-state index contributed by atoms with van der Waals surface area (Å²) in [4.78, 5) is 10.6. The lowest BCUT2D eigenvalue weighted by Gasteiger charge is -1.87. The van der Waals surface area contributed by atoms with Crippen molar-refractivity contribution in [2.24, 2.45) is 21.1 Å². The zero-order valence-electron chi connectivity index (χ0n) is 16.2. The number of H-pyrrole nitrogens is 2. The minimum absolute atomic E-state index is 0.123. The molecule has 156 valence electrons. The van der Waals surface area contributed by atoms with E-state index in [0.29, 0.717) is 16.5 Å². The molecule has 0 unspecified atom stereocenters. The number of ketones is 1. The average Bonchev–Trinajstić information content (AvgIpc) is 3.45. The molecule has 4 rings (SSSR count). The number of aryl methyl sites for hydroxylation is 4. The number of nitrogens with zero attached hydrogens (tertiary/aromatic N) is 14. The van der Waals surface area contributed by atoms with Crippen molar-refractivity contribution >= 4 is 23.9 Å². The second-order valence-corrected chi connectivity index (χ2v) is 5.31. The highest BCUT2D eigenvalue weighted by molar-refractivity contribution is 7.71. The molecule has 0 aliphatic rings. The van der Waals surface area contributed by atoms with Crippen molar-refractivity contribution in [3.8, 4) is 0 Å². The summed E-state index contributed by atoms with van der Waals surface area (Å²) in [5.74, 6) is 1.17. The fourth-order valence-corrected chi connectivity index (χ4v) is 1.30. The minimum Gasteiger partial charge on any atom is -0.367 e. The van der Waals surface area contributed by atoms with E-state index >= 15 is 0 Å². The number of hydrogen-bond donors (Lipinski definition) is 3. The van der Waals surface area contributed by atoms with Gasteiger partial charge in [0.05, 0.1) is 0 Å². The van der Waals surface area contributed by atoms with Gasteiger partial charge in [0.15, 0.2) is 11.6 Å². The normalized spacial score (nSPS) is 9.28. The van der Waals surface area contributed by atoms with Crippen LogP contribution in [0.15, 0.2) is 0 Å². The van der Waals surface area contributed by atoms with E-state index in [1.54, 1.807) is 32.7 Å². The van der Waals surface area contributed by atoms with Crippen molar-refractivity contribution < 1.29 is 4.79 Å². The van der Waals surface area contributed by atoms with Crippen LogP contribution in [0, 0.1) is 11.7 Å². The van der Waals surface area contributed by atoms with E-state index in [-0.39, 0.29) is 11.6 Å². The Labute approximate surface area is 167 Å². The minimum atomic E-state index is -0.123. The van der Waals surface area contributed by atoms with E-state index in [2.05, 4.69) is 79.4 Å². The van der Waals surface area contributed by atoms with Crippen LogP contribution >= 0.6 is 12.2 Å². The largest absolute Gasteiger partial charge is 0.367 e. The van der Waals surface area contributed by atoms with Crippen LogP contribution in [0.4, 0.5) is 5.95 Å². The van der Waals surface area contributed by atoms with Crippen molar-refractivity contribution in [2.75, 3.05) is 5.73 Å². The monoisotopic (exact) mass is 425 g/mol. The van der Waals surface area contributed by atoms with Crippen LogP contribution < -0.4 is 5.73 Å². The summed E-state index contributed by atoms with van der Waals surface area (Å²) in [5, 5.41) is 42.5. The summed E-state index contributed by atoms with van der Waals surface area (Å²) >= 11 is 4.64. The Morgan fingerprint density at radius 1 is 1.00 bits per heavy atom. The highest BCUT2D eigenvalue weighted by atomic mass is 32.1. The predicted molar refractivity (Wildman–Crippen MR) is 97.1 cm³/mol. The molecule has 0 saturated carbocycles. The van der Waals surface area contributed by atoms with Crippen LogP contribution in [-0.4, -0.2) is 87.0 Å². The molecule has 4 heterocycles. The summed E-state index contributed by atoms with van der Waals surface area (Å²) < 4.78 is 4.75.